The molecule has 23 heavy (non-hydrogen) atoms. The van der Waals surface area contributed by atoms with Gasteiger partial charge in [0.1, 0.15) is 11.6 Å². The molecule has 10 heteroatoms. The van der Waals surface area contributed by atoms with Crippen molar-refractivity contribution in [1.29, 1.82) is 0 Å². The van der Waals surface area contributed by atoms with E-state index in [2.05, 4.69) is 15.3 Å². The predicted octanol–water partition coefficient (Wildman–Crippen LogP) is 2.07. The minimum Gasteiger partial charge on any atom is -0.475 e. The van der Waals surface area contributed by atoms with Crippen LogP contribution in [0.1, 0.15) is 12.5 Å². The number of pyridine rings is 1. The number of nitrogens with one attached hydrogen (secondary N) is 1. The number of aliphatic imine (C=N–C) groups is 1. The van der Waals surface area contributed by atoms with E-state index >= 15 is 0 Å². The van der Waals surface area contributed by atoms with Crippen molar-refractivity contribution in [2.75, 3.05) is 26.9 Å². The van der Waals surface area contributed by atoms with Crippen LogP contribution in [-0.2, 0) is 10.9 Å². The zero-order chi connectivity index (χ0) is 17.5. The van der Waals surface area contributed by atoms with Gasteiger partial charge in [-0.15, -0.1) is 0 Å². The molecule has 1 aromatic rings. The molecular formula is C13H18ClF3N4O2. The molecule has 1 aromatic heterocycles. The van der Waals surface area contributed by atoms with Crippen molar-refractivity contribution in [1.82, 2.24) is 10.3 Å². The summed E-state index contributed by atoms with van der Waals surface area (Å²) < 4.78 is 47.5. The van der Waals surface area contributed by atoms with Gasteiger partial charge in [0.25, 0.3) is 0 Å². The summed E-state index contributed by atoms with van der Waals surface area (Å²) in [6.45, 7) is 2.60. The molecule has 0 aliphatic rings. The van der Waals surface area contributed by atoms with Gasteiger partial charge in [-0.3, -0.25) is 0 Å². The second kappa shape index (κ2) is 8.78. The molecule has 0 radical (unpaired) electrons. The summed E-state index contributed by atoms with van der Waals surface area (Å²) in [6.07, 6.45) is -3.84. The lowest BCUT2D eigenvalue weighted by Gasteiger charge is -2.13. The monoisotopic (exact) mass is 354 g/mol. The van der Waals surface area contributed by atoms with Gasteiger partial charge in [0, 0.05) is 19.3 Å². The van der Waals surface area contributed by atoms with Crippen molar-refractivity contribution in [3.63, 3.8) is 0 Å². The first kappa shape index (κ1) is 19.3. The van der Waals surface area contributed by atoms with Crippen molar-refractivity contribution < 1.29 is 22.6 Å². The van der Waals surface area contributed by atoms with Crippen molar-refractivity contribution >= 4 is 17.6 Å². The zero-order valence-corrected chi connectivity index (χ0v) is 13.4. The van der Waals surface area contributed by atoms with Crippen LogP contribution in [0.4, 0.5) is 13.2 Å². The fraction of sp³-hybridized carbons (Fsp3) is 0.538. The first-order valence-electron chi connectivity index (χ1n) is 6.65. The van der Waals surface area contributed by atoms with E-state index in [1.54, 1.807) is 7.11 Å². The molecule has 1 rings (SSSR count). The van der Waals surface area contributed by atoms with Crippen molar-refractivity contribution in [2.45, 2.75) is 19.1 Å². The molecule has 1 unspecified atom stereocenters. The van der Waals surface area contributed by atoms with Gasteiger partial charge in [-0.1, -0.05) is 11.6 Å². The third kappa shape index (κ3) is 6.91. The highest BCUT2D eigenvalue weighted by molar-refractivity contribution is 6.31. The number of methoxy groups -OCH3 is 1. The van der Waals surface area contributed by atoms with E-state index in [1.165, 1.54) is 0 Å². The van der Waals surface area contributed by atoms with E-state index in [4.69, 9.17) is 26.8 Å². The molecule has 0 fully saturated rings. The number of ether oxygens (including phenoxy) is 2. The van der Waals surface area contributed by atoms with Gasteiger partial charge in [0.15, 0.2) is 5.96 Å². The average Bonchev–Trinajstić information content (AvgIpc) is 2.44. The maximum Gasteiger partial charge on any atom is 0.417 e. The highest BCUT2D eigenvalue weighted by atomic mass is 35.5. The third-order valence-corrected chi connectivity index (χ3v) is 2.83. The summed E-state index contributed by atoms with van der Waals surface area (Å²) in [5.74, 6) is 0.124. The Kier molecular flexibility index (Phi) is 7.37. The molecule has 0 aliphatic heterocycles. The topological polar surface area (TPSA) is 81.8 Å². The molecule has 3 N–H and O–H groups in total. The molecule has 0 spiro atoms. The van der Waals surface area contributed by atoms with Gasteiger partial charge in [-0.2, -0.15) is 13.2 Å². The highest BCUT2D eigenvalue weighted by Crippen LogP contribution is 2.32. The van der Waals surface area contributed by atoms with Crippen molar-refractivity contribution in [3.8, 4) is 5.88 Å². The fourth-order valence-corrected chi connectivity index (χ4v) is 1.81. The number of aromatic nitrogens is 1. The van der Waals surface area contributed by atoms with Gasteiger partial charge < -0.3 is 20.5 Å². The number of halogens is 4. The molecular weight excluding hydrogens is 337 g/mol. The Bertz CT molecular complexity index is 540. The second-order valence-corrected chi connectivity index (χ2v) is 5.03. The molecule has 0 aromatic carbocycles. The van der Waals surface area contributed by atoms with E-state index < -0.39 is 11.7 Å². The normalized spacial score (nSPS) is 13.7. The van der Waals surface area contributed by atoms with Gasteiger partial charge in [0.05, 0.1) is 18.7 Å². The SMILES string of the molecule is COCC(C)NC(N)=NCCOc1ncc(C(F)(F)F)cc1Cl. The van der Waals surface area contributed by atoms with Crippen LogP contribution in [0, 0.1) is 0 Å². The van der Waals surface area contributed by atoms with Gasteiger partial charge in [-0.05, 0) is 13.0 Å². The fourth-order valence-electron chi connectivity index (χ4n) is 1.58. The zero-order valence-electron chi connectivity index (χ0n) is 12.7. The summed E-state index contributed by atoms with van der Waals surface area (Å²) in [6, 6.07) is 0.755. The maximum atomic E-state index is 12.5. The number of nitrogens with two attached hydrogens (primary N) is 1. The standard InChI is InChI=1S/C13H18ClF3N4O2/c1-8(7-22-2)21-12(18)19-3-4-23-11-10(14)5-9(6-20-11)13(15,16)17/h5-6,8H,3-4,7H2,1-2H3,(H3,18,19,21). The Labute approximate surface area is 136 Å². The van der Waals surface area contributed by atoms with Crippen LogP contribution in [0.15, 0.2) is 17.3 Å². The molecule has 0 amide bonds. The Morgan fingerprint density at radius 1 is 1.52 bits per heavy atom. The van der Waals surface area contributed by atoms with E-state index in [1.807, 2.05) is 6.92 Å². The van der Waals surface area contributed by atoms with Crippen LogP contribution in [0.5, 0.6) is 5.88 Å². The van der Waals surface area contributed by atoms with E-state index in [0.717, 1.165) is 6.07 Å². The summed E-state index contributed by atoms with van der Waals surface area (Å²) in [7, 11) is 1.57. The van der Waals surface area contributed by atoms with Crippen LogP contribution < -0.4 is 15.8 Å². The Balaban J connectivity index is 2.47. The van der Waals surface area contributed by atoms with Crippen LogP contribution in [0.2, 0.25) is 5.02 Å². The Morgan fingerprint density at radius 2 is 2.22 bits per heavy atom. The van der Waals surface area contributed by atoms with Crippen LogP contribution >= 0.6 is 11.6 Å². The lowest BCUT2D eigenvalue weighted by atomic mass is 10.3. The summed E-state index contributed by atoms with van der Waals surface area (Å²) in [4.78, 5) is 7.55. The van der Waals surface area contributed by atoms with E-state index in [9.17, 15) is 13.2 Å². The minimum absolute atomic E-state index is 0.00399. The predicted molar refractivity (Wildman–Crippen MR) is 80.7 cm³/mol. The number of hydrogen-bond donors (Lipinski definition) is 2. The molecule has 6 nitrogen and oxygen atoms in total. The van der Waals surface area contributed by atoms with Gasteiger partial charge in [0.2, 0.25) is 5.88 Å². The lowest BCUT2D eigenvalue weighted by molar-refractivity contribution is -0.137. The number of hydrogen-bond acceptors (Lipinski definition) is 4. The highest BCUT2D eigenvalue weighted by Gasteiger charge is 2.31. The van der Waals surface area contributed by atoms with E-state index in [-0.39, 0.29) is 36.1 Å². The molecule has 0 aliphatic carbocycles. The van der Waals surface area contributed by atoms with E-state index in [0.29, 0.717) is 12.8 Å². The molecule has 1 heterocycles. The third-order valence-electron chi connectivity index (χ3n) is 2.56. The first-order chi connectivity index (χ1) is 10.7. The Hall–Kier alpha value is -1.74. The number of alkyl halides is 3. The second-order valence-electron chi connectivity index (χ2n) is 4.62. The summed E-state index contributed by atoms with van der Waals surface area (Å²) in [5.41, 5.74) is 4.71. The molecule has 1 atom stereocenters. The van der Waals surface area contributed by atoms with Crippen LogP contribution in [0.3, 0.4) is 0 Å². The van der Waals surface area contributed by atoms with Gasteiger partial charge in [-0.25, -0.2) is 9.98 Å². The van der Waals surface area contributed by atoms with Crippen LogP contribution in [-0.4, -0.2) is 43.9 Å². The Morgan fingerprint density at radius 3 is 2.78 bits per heavy atom. The number of nitrogens with zero attached hydrogens (tertiary/aromatic N) is 2. The van der Waals surface area contributed by atoms with Crippen molar-refractivity contribution in [2.24, 2.45) is 10.7 Å². The quantitative estimate of drug-likeness (QED) is 0.445. The molecule has 130 valence electrons. The van der Waals surface area contributed by atoms with Crippen LogP contribution in [0.25, 0.3) is 0 Å². The summed E-state index contributed by atoms with van der Waals surface area (Å²) in [5, 5.41) is 2.68. The number of rotatable bonds is 7. The largest absolute Gasteiger partial charge is 0.475 e. The number of guanidine groups is 1. The van der Waals surface area contributed by atoms with Crippen molar-refractivity contribution in [3.05, 3.63) is 22.8 Å². The molecule has 0 saturated carbocycles. The van der Waals surface area contributed by atoms with Gasteiger partial charge >= 0.3 is 6.18 Å². The maximum absolute atomic E-state index is 12.5. The lowest BCUT2D eigenvalue weighted by Crippen LogP contribution is -2.40. The average molecular weight is 355 g/mol. The first-order valence-corrected chi connectivity index (χ1v) is 7.02. The molecule has 0 bridgehead atoms. The summed E-state index contributed by atoms with van der Waals surface area (Å²) >= 11 is 5.71. The minimum atomic E-state index is -4.50. The molecule has 0 saturated heterocycles. The smallest absolute Gasteiger partial charge is 0.417 e.